The van der Waals surface area contributed by atoms with Gasteiger partial charge in [-0.05, 0) is 37.8 Å². The molecule has 1 aromatic carbocycles. The number of carbonyl (C=O) groups excluding carboxylic acids is 1. The number of carbonyl (C=O) groups is 1. The highest BCUT2D eigenvalue weighted by molar-refractivity contribution is 6.06. The molecule has 1 aromatic heterocycles. The van der Waals surface area contributed by atoms with Crippen LogP contribution < -0.4 is 5.32 Å². The monoisotopic (exact) mass is 282 g/mol. The highest BCUT2D eigenvalue weighted by Gasteiger charge is 2.24. The van der Waals surface area contributed by atoms with E-state index >= 15 is 0 Å². The van der Waals surface area contributed by atoms with Gasteiger partial charge in [-0.2, -0.15) is 0 Å². The van der Waals surface area contributed by atoms with Gasteiger partial charge in [0.1, 0.15) is 0 Å². The minimum Gasteiger partial charge on any atom is -0.349 e. The van der Waals surface area contributed by atoms with Crippen molar-refractivity contribution in [3.63, 3.8) is 0 Å². The molecule has 1 N–H and O–H groups in total. The first-order valence-electron chi connectivity index (χ1n) is 7.82. The van der Waals surface area contributed by atoms with Crippen LogP contribution in [0.3, 0.4) is 0 Å². The van der Waals surface area contributed by atoms with Crippen molar-refractivity contribution in [1.29, 1.82) is 0 Å². The third-order valence-corrected chi connectivity index (χ3v) is 4.52. The van der Waals surface area contributed by atoms with Gasteiger partial charge in [0.25, 0.3) is 5.91 Å². The quantitative estimate of drug-likeness (QED) is 0.909. The average molecular weight is 282 g/mol. The maximum absolute atomic E-state index is 12.7. The van der Waals surface area contributed by atoms with E-state index in [1.54, 1.807) is 0 Å². The summed E-state index contributed by atoms with van der Waals surface area (Å²) in [6.45, 7) is 4.17. The summed E-state index contributed by atoms with van der Waals surface area (Å²) >= 11 is 0. The molecule has 1 saturated carbocycles. The third-order valence-electron chi connectivity index (χ3n) is 4.52. The fourth-order valence-corrected chi connectivity index (χ4v) is 3.27. The molecule has 3 nitrogen and oxygen atoms in total. The van der Waals surface area contributed by atoms with Gasteiger partial charge in [-0.3, -0.25) is 9.78 Å². The maximum Gasteiger partial charge on any atom is 0.252 e. The summed E-state index contributed by atoms with van der Waals surface area (Å²) in [7, 11) is 0. The summed E-state index contributed by atoms with van der Waals surface area (Å²) < 4.78 is 0. The Balaban J connectivity index is 1.90. The number of nitrogens with one attached hydrogen (secondary N) is 1. The molecule has 2 aromatic rings. The molecular weight excluding hydrogens is 260 g/mol. The molecule has 21 heavy (non-hydrogen) atoms. The molecule has 0 unspecified atom stereocenters. The van der Waals surface area contributed by atoms with Crippen LogP contribution in [-0.4, -0.2) is 16.9 Å². The van der Waals surface area contributed by atoms with Crippen LogP contribution in [0.2, 0.25) is 0 Å². The van der Waals surface area contributed by atoms with Gasteiger partial charge in [0, 0.05) is 17.1 Å². The van der Waals surface area contributed by atoms with Crippen molar-refractivity contribution in [3.8, 4) is 0 Å². The lowest BCUT2D eigenvalue weighted by Crippen LogP contribution is -2.41. The van der Waals surface area contributed by atoms with Crippen molar-refractivity contribution < 1.29 is 4.79 Å². The van der Waals surface area contributed by atoms with Crippen LogP contribution in [0.25, 0.3) is 10.9 Å². The van der Waals surface area contributed by atoms with Crippen molar-refractivity contribution in [3.05, 3.63) is 41.6 Å². The minimum absolute atomic E-state index is 0.0375. The lowest BCUT2D eigenvalue weighted by Gasteiger charge is -2.29. The molecule has 0 aliphatic heterocycles. The van der Waals surface area contributed by atoms with Crippen LogP contribution in [0.5, 0.6) is 0 Å². The molecule has 0 radical (unpaired) electrons. The highest BCUT2D eigenvalue weighted by Crippen LogP contribution is 2.25. The maximum atomic E-state index is 12.7. The molecule has 0 saturated heterocycles. The number of hydrogen-bond donors (Lipinski definition) is 1. The van der Waals surface area contributed by atoms with Crippen LogP contribution in [-0.2, 0) is 0 Å². The zero-order valence-corrected chi connectivity index (χ0v) is 12.7. The summed E-state index contributed by atoms with van der Waals surface area (Å²) in [5.74, 6) is 0.604. The number of fused-ring (bicyclic) bond motifs is 1. The number of benzene rings is 1. The summed E-state index contributed by atoms with van der Waals surface area (Å²) in [5.41, 5.74) is 2.52. The van der Waals surface area contributed by atoms with Crippen molar-refractivity contribution >= 4 is 16.8 Å². The summed E-state index contributed by atoms with van der Waals surface area (Å²) in [5, 5.41) is 4.17. The second-order valence-electron chi connectivity index (χ2n) is 6.17. The second-order valence-corrected chi connectivity index (χ2v) is 6.17. The van der Waals surface area contributed by atoms with Crippen molar-refractivity contribution in [2.75, 3.05) is 0 Å². The van der Waals surface area contributed by atoms with Crippen LogP contribution in [0.15, 0.2) is 30.3 Å². The molecule has 1 amide bonds. The second kappa shape index (κ2) is 5.84. The Morgan fingerprint density at radius 2 is 2.00 bits per heavy atom. The number of aromatic nitrogens is 1. The summed E-state index contributed by atoms with van der Waals surface area (Å²) in [4.78, 5) is 17.2. The van der Waals surface area contributed by atoms with E-state index in [9.17, 15) is 4.79 Å². The number of amides is 1. The number of pyridine rings is 1. The van der Waals surface area contributed by atoms with E-state index in [4.69, 9.17) is 0 Å². The summed E-state index contributed by atoms with van der Waals surface area (Å²) in [6.07, 6.45) is 4.80. The molecule has 1 aliphatic carbocycles. The number of para-hydroxylation sites is 1. The average Bonchev–Trinajstić information content (AvgIpc) is 2.48. The van der Waals surface area contributed by atoms with E-state index in [-0.39, 0.29) is 5.91 Å². The Hall–Kier alpha value is -1.90. The van der Waals surface area contributed by atoms with Gasteiger partial charge in [-0.25, -0.2) is 0 Å². The predicted molar refractivity (Wildman–Crippen MR) is 85.4 cm³/mol. The van der Waals surface area contributed by atoms with Gasteiger partial charge in [-0.15, -0.1) is 0 Å². The molecule has 1 fully saturated rings. The molecule has 1 aliphatic rings. The van der Waals surface area contributed by atoms with E-state index in [0.29, 0.717) is 12.0 Å². The standard InChI is InChI=1S/C18H22N2O/c1-12-7-3-5-9-16(12)20-18(21)15-11-13(2)19-17-10-6-4-8-14(15)17/h4,6,8,10-12,16H,3,5,7,9H2,1-2H3,(H,20,21)/t12-,16+/m1/s1. The molecule has 0 bridgehead atoms. The predicted octanol–water partition coefficient (Wildman–Crippen LogP) is 3.85. The van der Waals surface area contributed by atoms with Crippen molar-refractivity contribution in [2.45, 2.75) is 45.6 Å². The molecule has 3 rings (SSSR count). The first-order chi connectivity index (χ1) is 10.1. The normalized spacial score (nSPS) is 22.2. The van der Waals surface area contributed by atoms with E-state index in [2.05, 4.69) is 17.2 Å². The van der Waals surface area contributed by atoms with Gasteiger partial charge in [-0.1, -0.05) is 38.0 Å². The van der Waals surface area contributed by atoms with Gasteiger partial charge in [0.2, 0.25) is 0 Å². The Morgan fingerprint density at radius 1 is 1.24 bits per heavy atom. The van der Waals surface area contributed by atoms with Gasteiger partial charge >= 0.3 is 0 Å². The van der Waals surface area contributed by atoms with Crippen LogP contribution >= 0.6 is 0 Å². The zero-order chi connectivity index (χ0) is 14.8. The SMILES string of the molecule is Cc1cc(C(=O)N[C@H]2CCCC[C@H]2C)c2ccccc2n1. The lowest BCUT2D eigenvalue weighted by atomic mass is 9.86. The Labute approximate surface area is 125 Å². The van der Waals surface area contributed by atoms with Gasteiger partial charge < -0.3 is 5.32 Å². The van der Waals surface area contributed by atoms with E-state index in [1.165, 1.54) is 19.3 Å². The van der Waals surface area contributed by atoms with Crippen LogP contribution in [0, 0.1) is 12.8 Å². The van der Waals surface area contributed by atoms with Crippen molar-refractivity contribution in [1.82, 2.24) is 10.3 Å². The molecule has 1 heterocycles. The minimum atomic E-state index is 0.0375. The van der Waals surface area contributed by atoms with Gasteiger partial charge in [0.05, 0.1) is 11.1 Å². The molecular formula is C18H22N2O. The fourth-order valence-electron chi connectivity index (χ4n) is 3.27. The molecule has 3 heteroatoms. The van der Waals surface area contributed by atoms with E-state index in [1.807, 2.05) is 37.3 Å². The first-order valence-corrected chi connectivity index (χ1v) is 7.82. The Kier molecular flexibility index (Phi) is 3.91. The smallest absolute Gasteiger partial charge is 0.252 e. The number of nitrogens with zero attached hydrogens (tertiary/aromatic N) is 1. The lowest BCUT2D eigenvalue weighted by molar-refractivity contribution is 0.0912. The fraction of sp³-hybridized carbons (Fsp3) is 0.444. The first kappa shape index (κ1) is 14.1. The highest BCUT2D eigenvalue weighted by atomic mass is 16.1. The van der Waals surface area contributed by atoms with E-state index < -0.39 is 0 Å². The molecule has 2 atom stereocenters. The Bertz CT molecular complexity index is 665. The topological polar surface area (TPSA) is 42.0 Å². The largest absolute Gasteiger partial charge is 0.349 e. The van der Waals surface area contributed by atoms with Crippen molar-refractivity contribution in [2.24, 2.45) is 5.92 Å². The number of hydrogen-bond acceptors (Lipinski definition) is 2. The zero-order valence-electron chi connectivity index (χ0n) is 12.7. The van der Waals surface area contributed by atoms with Crippen LogP contribution in [0.4, 0.5) is 0 Å². The van der Waals surface area contributed by atoms with Gasteiger partial charge in [0.15, 0.2) is 0 Å². The van der Waals surface area contributed by atoms with E-state index in [0.717, 1.165) is 28.6 Å². The molecule has 110 valence electrons. The number of rotatable bonds is 2. The van der Waals surface area contributed by atoms with Crippen LogP contribution in [0.1, 0.15) is 48.7 Å². The summed E-state index contributed by atoms with van der Waals surface area (Å²) in [6, 6.07) is 10.0. The third kappa shape index (κ3) is 2.92. The molecule has 0 spiro atoms. The Morgan fingerprint density at radius 3 is 2.81 bits per heavy atom. The number of aryl methyl sites for hydroxylation is 1.